The molecule has 7 nitrogen and oxygen atoms in total. The van der Waals surface area contributed by atoms with E-state index in [0.717, 1.165) is 6.26 Å². The van der Waals surface area contributed by atoms with Gasteiger partial charge in [-0.3, -0.25) is 9.44 Å². The summed E-state index contributed by atoms with van der Waals surface area (Å²) in [5.74, 6) is 0.268. The van der Waals surface area contributed by atoms with Gasteiger partial charge in [0.2, 0.25) is 10.0 Å². The quantitative estimate of drug-likeness (QED) is 0.727. The zero-order valence-electron chi connectivity index (χ0n) is 12.8. The van der Waals surface area contributed by atoms with Crippen LogP contribution in [0.3, 0.4) is 0 Å². The molecule has 10 heteroatoms. The van der Waals surface area contributed by atoms with Crippen molar-refractivity contribution in [3.63, 3.8) is 0 Å². The molecular weight excluding hydrogens is 420 g/mol. The van der Waals surface area contributed by atoms with Gasteiger partial charge in [-0.15, -0.1) is 0 Å². The maximum Gasteiger partial charge on any atom is 0.263 e. The van der Waals surface area contributed by atoms with Crippen molar-refractivity contribution < 1.29 is 21.6 Å². The largest absolute Gasteiger partial charge is 0.495 e. The summed E-state index contributed by atoms with van der Waals surface area (Å²) in [5.41, 5.74) is 0.324. The maximum absolute atomic E-state index is 12.5. The molecule has 0 aromatic heterocycles. The second-order valence-electron chi connectivity index (χ2n) is 4.83. The average Bonchev–Trinajstić information content (AvgIpc) is 2.45. The molecule has 0 amide bonds. The van der Waals surface area contributed by atoms with Gasteiger partial charge in [0.05, 0.1) is 24.7 Å². The Labute approximate surface area is 149 Å². The Morgan fingerprint density at radius 3 is 2.25 bits per heavy atom. The maximum atomic E-state index is 12.5. The molecule has 0 fully saturated rings. The van der Waals surface area contributed by atoms with Crippen molar-refractivity contribution in [1.82, 2.24) is 0 Å². The molecule has 0 bridgehead atoms. The van der Waals surface area contributed by atoms with E-state index in [1.54, 1.807) is 18.2 Å². The molecule has 2 rings (SSSR count). The van der Waals surface area contributed by atoms with Gasteiger partial charge in [0.25, 0.3) is 10.0 Å². The van der Waals surface area contributed by atoms with Crippen LogP contribution in [0.5, 0.6) is 5.75 Å². The van der Waals surface area contributed by atoms with Gasteiger partial charge in [0.15, 0.2) is 0 Å². The number of ether oxygens (including phenoxy) is 1. The average molecular weight is 435 g/mol. The third kappa shape index (κ3) is 4.62. The predicted molar refractivity (Wildman–Crippen MR) is 96.4 cm³/mol. The van der Waals surface area contributed by atoms with Crippen molar-refractivity contribution in [3.05, 3.63) is 46.9 Å². The molecule has 0 radical (unpaired) electrons. The highest BCUT2D eigenvalue weighted by Gasteiger charge is 2.18. The van der Waals surface area contributed by atoms with Crippen LogP contribution in [0.1, 0.15) is 0 Å². The molecule has 0 aliphatic heterocycles. The van der Waals surface area contributed by atoms with E-state index in [0.29, 0.717) is 4.47 Å². The molecule has 0 heterocycles. The van der Waals surface area contributed by atoms with Crippen LogP contribution in [0, 0.1) is 0 Å². The summed E-state index contributed by atoms with van der Waals surface area (Å²) in [7, 11) is -6.00. The Morgan fingerprint density at radius 1 is 1.00 bits per heavy atom. The van der Waals surface area contributed by atoms with Crippen molar-refractivity contribution in [1.29, 1.82) is 0 Å². The molecule has 0 saturated heterocycles. The number of methoxy groups -OCH3 is 1. The van der Waals surface area contributed by atoms with Crippen molar-refractivity contribution >= 4 is 47.4 Å². The van der Waals surface area contributed by atoms with E-state index in [4.69, 9.17) is 4.74 Å². The number of halogens is 1. The number of hydrogen-bond acceptors (Lipinski definition) is 5. The summed E-state index contributed by atoms with van der Waals surface area (Å²) in [6.45, 7) is 0. The van der Waals surface area contributed by atoms with Crippen LogP contribution in [0.4, 0.5) is 11.4 Å². The Bertz CT molecular complexity index is 959. The Morgan fingerprint density at radius 2 is 1.67 bits per heavy atom. The fraction of sp³-hybridized carbons (Fsp3) is 0.143. The van der Waals surface area contributed by atoms with Crippen LogP contribution in [-0.2, 0) is 20.0 Å². The highest BCUT2D eigenvalue weighted by atomic mass is 79.9. The Kier molecular flexibility index (Phi) is 5.41. The fourth-order valence-corrected chi connectivity index (χ4v) is 4.54. The molecule has 0 unspecified atom stereocenters. The zero-order valence-corrected chi connectivity index (χ0v) is 16.0. The number of hydrogen-bond donors (Lipinski definition) is 2. The normalized spacial score (nSPS) is 11.8. The molecule has 2 aromatic rings. The lowest BCUT2D eigenvalue weighted by molar-refractivity contribution is 0.417. The second-order valence-corrected chi connectivity index (χ2v) is 9.08. The van der Waals surface area contributed by atoms with Gasteiger partial charge in [-0.1, -0.05) is 12.1 Å². The minimum Gasteiger partial charge on any atom is -0.495 e. The summed E-state index contributed by atoms with van der Waals surface area (Å²) in [5, 5.41) is 0. The van der Waals surface area contributed by atoms with Gasteiger partial charge in [-0.25, -0.2) is 16.8 Å². The van der Waals surface area contributed by atoms with Crippen molar-refractivity contribution in [2.45, 2.75) is 4.90 Å². The molecule has 24 heavy (non-hydrogen) atoms. The van der Waals surface area contributed by atoms with Crippen LogP contribution in [0.15, 0.2) is 51.8 Å². The molecule has 0 spiro atoms. The van der Waals surface area contributed by atoms with E-state index in [9.17, 15) is 16.8 Å². The molecule has 2 aromatic carbocycles. The topological polar surface area (TPSA) is 102 Å². The van der Waals surface area contributed by atoms with Gasteiger partial charge >= 0.3 is 0 Å². The molecule has 130 valence electrons. The highest BCUT2D eigenvalue weighted by Crippen LogP contribution is 2.30. The lowest BCUT2D eigenvalue weighted by atomic mass is 10.2. The number of nitrogens with one attached hydrogen (secondary N) is 2. The van der Waals surface area contributed by atoms with Crippen molar-refractivity contribution in [2.24, 2.45) is 0 Å². The smallest absolute Gasteiger partial charge is 0.263 e. The number of sulfonamides is 2. The van der Waals surface area contributed by atoms with Crippen molar-refractivity contribution in [3.8, 4) is 5.75 Å². The number of rotatable bonds is 6. The third-order valence-electron chi connectivity index (χ3n) is 2.87. The molecule has 0 aliphatic carbocycles. The molecule has 0 atom stereocenters. The second kappa shape index (κ2) is 6.99. The molecular formula is C14H15BrN2O5S2. The number of anilines is 2. The molecule has 0 saturated carbocycles. The minimum absolute atomic E-state index is 0.0680. The standard InChI is InChI=1S/C14H15BrN2O5S2/c1-22-13-8-7-10(9-12(13)17-23(2,18)19)16-24(20,21)14-6-4-3-5-11(14)15/h3-9,16-17H,1-2H3. The van der Waals surface area contributed by atoms with Gasteiger partial charge in [0.1, 0.15) is 10.6 Å². The van der Waals surface area contributed by atoms with E-state index in [1.165, 1.54) is 31.4 Å². The first-order valence-corrected chi connectivity index (χ1v) is 10.7. The van der Waals surface area contributed by atoms with Gasteiger partial charge < -0.3 is 4.74 Å². The van der Waals surface area contributed by atoms with Crippen LogP contribution in [0.2, 0.25) is 0 Å². The number of benzene rings is 2. The van der Waals surface area contributed by atoms with Crippen LogP contribution in [-0.4, -0.2) is 30.2 Å². The summed E-state index contributed by atoms with van der Waals surface area (Å²) in [4.78, 5) is 0.0680. The Balaban J connectivity index is 2.40. The van der Waals surface area contributed by atoms with Crippen LogP contribution >= 0.6 is 15.9 Å². The summed E-state index contributed by atoms with van der Waals surface area (Å²) in [6, 6.07) is 10.6. The summed E-state index contributed by atoms with van der Waals surface area (Å²) in [6.07, 6.45) is 0.990. The van der Waals surface area contributed by atoms with E-state index in [1.807, 2.05) is 0 Å². The molecule has 2 N–H and O–H groups in total. The fourth-order valence-electron chi connectivity index (χ4n) is 1.92. The lowest BCUT2D eigenvalue weighted by Crippen LogP contribution is -2.14. The van der Waals surface area contributed by atoms with Gasteiger partial charge in [-0.2, -0.15) is 0 Å². The minimum atomic E-state index is -3.84. The van der Waals surface area contributed by atoms with Crippen LogP contribution < -0.4 is 14.2 Å². The molecule has 0 aliphatic rings. The van der Waals surface area contributed by atoms with Crippen molar-refractivity contribution in [2.75, 3.05) is 22.8 Å². The van der Waals surface area contributed by atoms with E-state index in [2.05, 4.69) is 25.4 Å². The summed E-state index contributed by atoms with van der Waals surface area (Å²) >= 11 is 3.19. The van der Waals surface area contributed by atoms with E-state index < -0.39 is 20.0 Å². The third-order valence-corrected chi connectivity index (χ3v) is 5.86. The Hall–Kier alpha value is -1.78. The summed E-state index contributed by atoms with van der Waals surface area (Å²) < 4.78 is 57.9. The predicted octanol–water partition coefficient (Wildman–Crippen LogP) is 2.63. The van der Waals surface area contributed by atoms with E-state index >= 15 is 0 Å². The van der Waals surface area contributed by atoms with Crippen LogP contribution in [0.25, 0.3) is 0 Å². The first-order chi connectivity index (χ1) is 11.1. The highest BCUT2D eigenvalue weighted by molar-refractivity contribution is 9.10. The van der Waals surface area contributed by atoms with Gasteiger partial charge in [-0.05, 0) is 46.3 Å². The van der Waals surface area contributed by atoms with E-state index in [-0.39, 0.29) is 22.0 Å². The van der Waals surface area contributed by atoms with Gasteiger partial charge in [0, 0.05) is 4.47 Å². The first kappa shape index (κ1) is 18.6. The first-order valence-electron chi connectivity index (χ1n) is 6.55. The SMILES string of the molecule is COc1ccc(NS(=O)(=O)c2ccccc2Br)cc1NS(C)(=O)=O. The monoisotopic (exact) mass is 434 g/mol. The zero-order chi connectivity index (χ0) is 18.0. The lowest BCUT2D eigenvalue weighted by Gasteiger charge is -2.13.